The Bertz CT molecular complexity index is 601. The Morgan fingerprint density at radius 2 is 1.68 bits per heavy atom. The second-order valence-electron chi connectivity index (χ2n) is 6.20. The molecular formula is C19H25N3. The second-order valence-corrected chi connectivity index (χ2v) is 6.20. The zero-order chi connectivity index (χ0) is 15.4. The number of nitrogens with two attached hydrogens (primary N) is 1. The molecule has 2 aromatic rings. The van der Waals surface area contributed by atoms with E-state index in [0.29, 0.717) is 0 Å². The van der Waals surface area contributed by atoms with E-state index in [4.69, 9.17) is 10.7 Å². The summed E-state index contributed by atoms with van der Waals surface area (Å²) in [6.07, 6.45) is 7.17. The van der Waals surface area contributed by atoms with E-state index in [1.54, 1.807) is 0 Å². The van der Waals surface area contributed by atoms with E-state index >= 15 is 0 Å². The fourth-order valence-corrected chi connectivity index (χ4v) is 3.23. The first-order valence-corrected chi connectivity index (χ1v) is 8.28. The molecule has 1 aromatic heterocycles. The molecule has 116 valence electrons. The van der Waals surface area contributed by atoms with Crippen LogP contribution < -0.4 is 10.6 Å². The van der Waals surface area contributed by atoms with Crippen molar-refractivity contribution in [1.29, 1.82) is 0 Å². The van der Waals surface area contributed by atoms with Crippen molar-refractivity contribution < 1.29 is 0 Å². The van der Waals surface area contributed by atoms with Crippen LogP contribution in [0.25, 0.3) is 0 Å². The van der Waals surface area contributed by atoms with Crippen LogP contribution >= 0.6 is 0 Å². The fraction of sp³-hybridized carbons (Fsp3) is 0.421. The van der Waals surface area contributed by atoms with Crippen molar-refractivity contribution in [2.24, 2.45) is 5.73 Å². The lowest BCUT2D eigenvalue weighted by molar-refractivity contribution is 0.726. The maximum atomic E-state index is 6.39. The Hall–Kier alpha value is -1.87. The van der Waals surface area contributed by atoms with E-state index in [2.05, 4.69) is 30.0 Å². The van der Waals surface area contributed by atoms with E-state index in [-0.39, 0.29) is 6.04 Å². The normalized spacial score (nSPS) is 17.1. The standard InChI is InChI=1S/C19H25N3/c1-15-13-17(18(20)16-9-5-4-6-10-16)14-21-19(15)22-11-7-2-3-8-12-22/h4-6,9-10,13-14,18H,2-3,7-8,11-12,20H2,1H3/t18-/m0/s1. The van der Waals surface area contributed by atoms with Gasteiger partial charge in [-0.05, 0) is 42.5 Å². The molecule has 1 fully saturated rings. The molecule has 0 aliphatic carbocycles. The summed E-state index contributed by atoms with van der Waals surface area (Å²) in [4.78, 5) is 7.17. The number of anilines is 1. The molecule has 1 aliphatic rings. The SMILES string of the molecule is Cc1cc([C@@H](N)c2ccccc2)cnc1N1CCCCCC1. The Balaban J connectivity index is 1.82. The topological polar surface area (TPSA) is 42.1 Å². The van der Waals surface area contributed by atoms with Gasteiger partial charge in [-0.15, -0.1) is 0 Å². The monoisotopic (exact) mass is 295 g/mol. The van der Waals surface area contributed by atoms with Crippen LogP contribution in [0.4, 0.5) is 5.82 Å². The predicted octanol–water partition coefficient (Wildman–Crippen LogP) is 3.82. The van der Waals surface area contributed by atoms with Crippen LogP contribution in [0, 0.1) is 6.92 Å². The van der Waals surface area contributed by atoms with Gasteiger partial charge in [0, 0.05) is 19.3 Å². The summed E-state index contributed by atoms with van der Waals surface area (Å²) >= 11 is 0. The van der Waals surface area contributed by atoms with Crippen LogP contribution in [0.1, 0.15) is 48.4 Å². The molecule has 3 rings (SSSR count). The van der Waals surface area contributed by atoms with Crippen molar-refractivity contribution in [2.75, 3.05) is 18.0 Å². The number of pyridine rings is 1. The van der Waals surface area contributed by atoms with E-state index in [1.807, 2.05) is 24.4 Å². The van der Waals surface area contributed by atoms with Gasteiger partial charge >= 0.3 is 0 Å². The van der Waals surface area contributed by atoms with Crippen LogP contribution in [0.15, 0.2) is 42.6 Å². The van der Waals surface area contributed by atoms with E-state index in [0.717, 1.165) is 30.0 Å². The molecule has 0 bridgehead atoms. The predicted molar refractivity (Wildman–Crippen MR) is 92.1 cm³/mol. The largest absolute Gasteiger partial charge is 0.356 e. The van der Waals surface area contributed by atoms with Crippen LogP contribution in [-0.2, 0) is 0 Å². The average Bonchev–Trinajstić information content (AvgIpc) is 2.84. The third-order valence-electron chi connectivity index (χ3n) is 4.50. The Morgan fingerprint density at radius 1 is 1.00 bits per heavy atom. The summed E-state index contributed by atoms with van der Waals surface area (Å²) in [5, 5.41) is 0. The molecule has 3 heteroatoms. The number of rotatable bonds is 3. The first-order valence-electron chi connectivity index (χ1n) is 8.28. The van der Waals surface area contributed by atoms with Crippen LogP contribution in [-0.4, -0.2) is 18.1 Å². The Kier molecular flexibility index (Phi) is 4.74. The van der Waals surface area contributed by atoms with Gasteiger partial charge in [-0.1, -0.05) is 43.2 Å². The quantitative estimate of drug-likeness (QED) is 0.936. The second kappa shape index (κ2) is 6.93. The minimum Gasteiger partial charge on any atom is -0.356 e. The highest BCUT2D eigenvalue weighted by Gasteiger charge is 2.15. The number of nitrogens with zero attached hydrogens (tertiary/aromatic N) is 2. The van der Waals surface area contributed by atoms with Crippen molar-refractivity contribution in [1.82, 2.24) is 4.98 Å². The molecule has 0 saturated carbocycles. The van der Waals surface area contributed by atoms with E-state index < -0.39 is 0 Å². The van der Waals surface area contributed by atoms with Gasteiger partial charge < -0.3 is 10.6 Å². The molecule has 0 spiro atoms. The highest BCUT2D eigenvalue weighted by molar-refractivity contribution is 5.48. The van der Waals surface area contributed by atoms with Crippen molar-refractivity contribution in [3.8, 4) is 0 Å². The highest BCUT2D eigenvalue weighted by Crippen LogP contribution is 2.25. The lowest BCUT2D eigenvalue weighted by Crippen LogP contribution is -2.26. The first kappa shape index (κ1) is 15.0. The molecule has 3 nitrogen and oxygen atoms in total. The molecule has 0 amide bonds. The van der Waals surface area contributed by atoms with Crippen molar-refractivity contribution in [3.63, 3.8) is 0 Å². The zero-order valence-corrected chi connectivity index (χ0v) is 13.3. The van der Waals surface area contributed by atoms with Crippen LogP contribution in [0.2, 0.25) is 0 Å². The van der Waals surface area contributed by atoms with Gasteiger partial charge in [-0.3, -0.25) is 0 Å². The van der Waals surface area contributed by atoms with Gasteiger partial charge in [0.1, 0.15) is 5.82 Å². The van der Waals surface area contributed by atoms with Gasteiger partial charge in [-0.25, -0.2) is 4.98 Å². The van der Waals surface area contributed by atoms with E-state index in [1.165, 1.54) is 31.2 Å². The molecular weight excluding hydrogens is 270 g/mol. The summed E-state index contributed by atoms with van der Waals surface area (Å²) < 4.78 is 0. The zero-order valence-electron chi connectivity index (χ0n) is 13.3. The van der Waals surface area contributed by atoms with Gasteiger partial charge in [0.15, 0.2) is 0 Å². The molecule has 1 aliphatic heterocycles. The Morgan fingerprint density at radius 3 is 2.32 bits per heavy atom. The molecule has 2 heterocycles. The summed E-state index contributed by atoms with van der Waals surface area (Å²) in [5.41, 5.74) is 9.83. The first-order chi connectivity index (χ1) is 10.8. The fourth-order valence-electron chi connectivity index (χ4n) is 3.23. The number of aryl methyl sites for hydroxylation is 1. The lowest BCUT2D eigenvalue weighted by atomic mass is 10.00. The minimum atomic E-state index is -0.106. The molecule has 22 heavy (non-hydrogen) atoms. The summed E-state index contributed by atoms with van der Waals surface area (Å²) in [6.45, 7) is 4.39. The summed E-state index contributed by atoms with van der Waals surface area (Å²) in [6, 6.07) is 12.3. The maximum Gasteiger partial charge on any atom is 0.131 e. The number of aromatic nitrogens is 1. The number of benzene rings is 1. The van der Waals surface area contributed by atoms with Crippen LogP contribution in [0.3, 0.4) is 0 Å². The van der Waals surface area contributed by atoms with E-state index in [9.17, 15) is 0 Å². The van der Waals surface area contributed by atoms with Crippen molar-refractivity contribution in [2.45, 2.75) is 38.6 Å². The summed E-state index contributed by atoms with van der Waals surface area (Å²) in [7, 11) is 0. The third kappa shape index (κ3) is 3.30. The number of hydrogen-bond donors (Lipinski definition) is 1. The average molecular weight is 295 g/mol. The Labute approximate surface area is 133 Å². The smallest absolute Gasteiger partial charge is 0.131 e. The van der Waals surface area contributed by atoms with Gasteiger partial charge in [-0.2, -0.15) is 0 Å². The molecule has 2 N–H and O–H groups in total. The lowest BCUT2D eigenvalue weighted by Gasteiger charge is -2.24. The molecule has 1 saturated heterocycles. The molecule has 1 aromatic carbocycles. The molecule has 0 unspecified atom stereocenters. The molecule has 1 atom stereocenters. The third-order valence-corrected chi connectivity index (χ3v) is 4.50. The minimum absolute atomic E-state index is 0.106. The van der Waals surface area contributed by atoms with Gasteiger partial charge in [0.2, 0.25) is 0 Å². The van der Waals surface area contributed by atoms with Crippen molar-refractivity contribution in [3.05, 3.63) is 59.3 Å². The van der Waals surface area contributed by atoms with Crippen molar-refractivity contribution >= 4 is 5.82 Å². The molecule has 0 radical (unpaired) electrons. The maximum absolute atomic E-state index is 6.39. The van der Waals surface area contributed by atoms with Crippen LogP contribution in [0.5, 0.6) is 0 Å². The summed E-state index contributed by atoms with van der Waals surface area (Å²) in [5.74, 6) is 1.13. The highest BCUT2D eigenvalue weighted by atomic mass is 15.2. The van der Waals surface area contributed by atoms with Gasteiger partial charge in [0.25, 0.3) is 0 Å². The number of hydrogen-bond acceptors (Lipinski definition) is 3. The van der Waals surface area contributed by atoms with Gasteiger partial charge in [0.05, 0.1) is 6.04 Å².